The van der Waals surface area contributed by atoms with Gasteiger partial charge in [0, 0.05) is 18.5 Å². The molecule has 0 unspecified atom stereocenters. The van der Waals surface area contributed by atoms with Crippen LogP contribution >= 0.6 is 0 Å². The van der Waals surface area contributed by atoms with E-state index in [1.165, 1.54) is 0 Å². The van der Waals surface area contributed by atoms with Gasteiger partial charge in [0.1, 0.15) is 5.75 Å². The Bertz CT molecular complexity index is 485. The molecule has 0 atom stereocenters. The quantitative estimate of drug-likeness (QED) is 0.689. The van der Waals surface area contributed by atoms with Crippen molar-refractivity contribution in [1.82, 2.24) is 4.57 Å². The largest absolute Gasteiger partial charge is 0.496 e. The highest BCUT2D eigenvalue weighted by molar-refractivity contribution is 5.94. The lowest BCUT2D eigenvalue weighted by atomic mass is 10.2. The molecule has 0 aliphatic carbocycles. The second kappa shape index (κ2) is 3.18. The number of rotatable bonds is 1. The summed E-state index contributed by atoms with van der Waals surface area (Å²) in [5, 5.41) is 0.963. The molecule has 1 heterocycles. The van der Waals surface area contributed by atoms with Crippen molar-refractivity contribution in [1.29, 1.82) is 0 Å². The number of carbonyl (C=O) groups excluding carboxylic acids is 1. The van der Waals surface area contributed by atoms with Crippen LogP contribution in [0.1, 0.15) is 11.7 Å². The van der Waals surface area contributed by atoms with Crippen LogP contribution in [-0.4, -0.2) is 17.6 Å². The van der Waals surface area contributed by atoms with Crippen LogP contribution < -0.4 is 4.74 Å². The van der Waals surface area contributed by atoms with E-state index in [1.807, 2.05) is 24.3 Å². The van der Waals surface area contributed by atoms with E-state index in [-0.39, 0.29) is 5.91 Å². The lowest BCUT2D eigenvalue weighted by molar-refractivity contribution is 0.0941. The number of nitrogens with zero attached hydrogens (tertiary/aromatic N) is 1. The average Bonchev–Trinajstić information content (AvgIpc) is 2.60. The van der Waals surface area contributed by atoms with Crippen LogP contribution in [-0.2, 0) is 0 Å². The molecule has 0 bridgehead atoms. The van der Waals surface area contributed by atoms with E-state index < -0.39 is 0 Å². The topological polar surface area (TPSA) is 31.2 Å². The van der Waals surface area contributed by atoms with Gasteiger partial charge in [-0.05, 0) is 18.2 Å². The number of hydrogen-bond donors (Lipinski definition) is 0. The van der Waals surface area contributed by atoms with Crippen LogP contribution in [0.4, 0.5) is 0 Å². The van der Waals surface area contributed by atoms with Crippen LogP contribution in [0.25, 0.3) is 10.9 Å². The summed E-state index contributed by atoms with van der Waals surface area (Å²) in [6, 6.07) is 7.54. The third-order valence-electron chi connectivity index (χ3n) is 2.25. The van der Waals surface area contributed by atoms with Gasteiger partial charge in [0.2, 0.25) is 5.91 Å². The van der Waals surface area contributed by atoms with Gasteiger partial charge in [-0.1, -0.05) is 6.07 Å². The molecule has 0 spiro atoms. The summed E-state index contributed by atoms with van der Waals surface area (Å²) in [4.78, 5) is 11.2. The van der Waals surface area contributed by atoms with Crippen LogP contribution in [0.5, 0.6) is 5.75 Å². The summed E-state index contributed by atoms with van der Waals surface area (Å²) in [6.45, 7) is 1.54. The first-order chi connectivity index (χ1) is 6.74. The minimum Gasteiger partial charge on any atom is -0.496 e. The monoisotopic (exact) mass is 189 g/mol. The molecule has 0 N–H and O–H groups in total. The van der Waals surface area contributed by atoms with Gasteiger partial charge in [-0.25, -0.2) is 0 Å². The molecular weight excluding hydrogens is 178 g/mol. The molecule has 2 aromatic rings. The standard InChI is InChI=1S/C11H11NO2/c1-8(13)12-7-6-9-10(12)4-3-5-11(9)14-2/h3-7H,1-2H3. The Kier molecular flexibility index (Phi) is 2.00. The third-order valence-corrected chi connectivity index (χ3v) is 2.25. The van der Waals surface area contributed by atoms with Gasteiger partial charge in [-0.3, -0.25) is 9.36 Å². The smallest absolute Gasteiger partial charge is 0.227 e. The predicted octanol–water partition coefficient (Wildman–Crippen LogP) is 2.31. The van der Waals surface area contributed by atoms with Gasteiger partial charge in [0.25, 0.3) is 0 Å². The summed E-state index contributed by atoms with van der Waals surface area (Å²) in [6.07, 6.45) is 1.76. The number of methoxy groups -OCH3 is 1. The summed E-state index contributed by atoms with van der Waals surface area (Å²) < 4.78 is 6.80. The maximum atomic E-state index is 11.2. The summed E-state index contributed by atoms with van der Waals surface area (Å²) in [5.41, 5.74) is 0.886. The van der Waals surface area contributed by atoms with Gasteiger partial charge in [-0.2, -0.15) is 0 Å². The van der Waals surface area contributed by atoms with Crippen LogP contribution in [0.2, 0.25) is 0 Å². The first-order valence-corrected chi connectivity index (χ1v) is 4.39. The molecule has 1 aromatic heterocycles. The minimum atomic E-state index is 0.00764. The van der Waals surface area contributed by atoms with Crippen molar-refractivity contribution in [3.8, 4) is 5.75 Å². The van der Waals surface area contributed by atoms with Crippen molar-refractivity contribution in [2.75, 3.05) is 7.11 Å². The van der Waals surface area contributed by atoms with Gasteiger partial charge in [-0.15, -0.1) is 0 Å². The van der Waals surface area contributed by atoms with Gasteiger partial charge >= 0.3 is 0 Å². The van der Waals surface area contributed by atoms with Crippen molar-refractivity contribution in [3.05, 3.63) is 30.5 Å². The molecule has 14 heavy (non-hydrogen) atoms. The van der Waals surface area contributed by atoms with E-state index in [0.29, 0.717) is 0 Å². The third kappa shape index (κ3) is 1.18. The van der Waals surface area contributed by atoms with Crippen LogP contribution in [0.3, 0.4) is 0 Å². The zero-order valence-corrected chi connectivity index (χ0v) is 8.15. The lowest BCUT2D eigenvalue weighted by Crippen LogP contribution is -2.02. The second-order valence-corrected chi connectivity index (χ2v) is 3.10. The van der Waals surface area contributed by atoms with E-state index in [4.69, 9.17) is 4.74 Å². The normalized spacial score (nSPS) is 10.4. The molecule has 72 valence electrons. The zero-order valence-electron chi connectivity index (χ0n) is 8.15. The fraction of sp³-hybridized carbons (Fsp3) is 0.182. The molecule has 3 heteroatoms. The second-order valence-electron chi connectivity index (χ2n) is 3.10. The Morgan fingerprint density at radius 3 is 2.79 bits per heavy atom. The SMILES string of the molecule is COc1cccc2c1ccn2C(C)=O. The molecular formula is C11H11NO2. The first kappa shape index (κ1) is 8.81. The molecule has 0 fully saturated rings. The highest BCUT2D eigenvalue weighted by Gasteiger charge is 2.07. The van der Waals surface area contributed by atoms with E-state index in [2.05, 4.69) is 0 Å². The van der Waals surface area contributed by atoms with Gasteiger partial charge in [0.05, 0.1) is 12.6 Å². The van der Waals surface area contributed by atoms with Crippen molar-refractivity contribution in [2.45, 2.75) is 6.92 Å². The molecule has 0 aliphatic rings. The number of fused-ring (bicyclic) bond motifs is 1. The molecule has 3 nitrogen and oxygen atoms in total. The molecule has 0 saturated heterocycles. The predicted molar refractivity (Wildman–Crippen MR) is 54.8 cm³/mol. The molecule has 0 radical (unpaired) electrons. The Morgan fingerprint density at radius 2 is 2.14 bits per heavy atom. The lowest BCUT2D eigenvalue weighted by Gasteiger charge is -2.02. The van der Waals surface area contributed by atoms with E-state index in [0.717, 1.165) is 16.7 Å². The Morgan fingerprint density at radius 1 is 1.36 bits per heavy atom. The van der Waals surface area contributed by atoms with Crippen molar-refractivity contribution >= 4 is 16.8 Å². The summed E-state index contributed by atoms with van der Waals surface area (Å²) in [7, 11) is 1.62. The van der Waals surface area contributed by atoms with Crippen molar-refractivity contribution < 1.29 is 9.53 Å². The molecule has 2 rings (SSSR count). The highest BCUT2D eigenvalue weighted by Crippen LogP contribution is 2.25. The van der Waals surface area contributed by atoms with Crippen LogP contribution in [0.15, 0.2) is 30.5 Å². The Hall–Kier alpha value is -1.77. The van der Waals surface area contributed by atoms with E-state index in [1.54, 1.807) is 24.8 Å². The fourth-order valence-electron chi connectivity index (χ4n) is 1.59. The fourth-order valence-corrected chi connectivity index (χ4v) is 1.59. The molecule has 0 aliphatic heterocycles. The van der Waals surface area contributed by atoms with Crippen molar-refractivity contribution in [2.24, 2.45) is 0 Å². The summed E-state index contributed by atoms with van der Waals surface area (Å²) >= 11 is 0. The molecule has 0 saturated carbocycles. The number of ether oxygens (including phenoxy) is 1. The zero-order chi connectivity index (χ0) is 10.1. The van der Waals surface area contributed by atoms with Crippen LogP contribution in [0, 0.1) is 0 Å². The Balaban J connectivity index is 2.75. The van der Waals surface area contributed by atoms with Gasteiger partial charge in [0.15, 0.2) is 0 Å². The molecule has 1 aromatic carbocycles. The minimum absolute atomic E-state index is 0.00764. The number of carbonyl (C=O) groups is 1. The van der Waals surface area contributed by atoms with E-state index >= 15 is 0 Å². The maximum Gasteiger partial charge on any atom is 0.227 e. The maximum absolute atomic E-state index is 11.2. The van der Waals surface area contributed by atoms with Gasteiger partial charge < -0.3 is 4.74 Å². The average molecular weight is 189 g/mol. The van der Waals surface area contributed by atoms with E-state index in [9.17, 15) is 4.79 Å². The molecule has 0 amide bonds. The highest BCUT2D eigenvalue weighted by atomic mass is 16.5. The Labute approximate surface area is 81.9 Å². The first-order valence-electron chi connectivity index (χ1n) is 4.39. The summed E-state index contributed by atoms with van der Waals surface area (Å²) in [5.74, 6) is 0.802. The number of aromatic nitrogens is 1. The van der Waals surface area contributed by atoms with Crippen molar-refractivity contribution in [3.63, 3.8) is 0 Å². The number of hydrogen-bond acceptors (Lipinski definition) is 2. The number of benzene rings is 1.